The molecule has 0 radical (unpaired) electrons. The van der Waals surface area contributed by atoms with Crippen LogP contribution in [0.3, 0.4) is 0 Å². The second-order valence-electron chi connectivity index (χ2n) is 6.63. The highest BCUT2D eigenvalue weighted by Crippen LogP contribution is 2.34. The maximum atomic E-state index is 2.52. The van der Waals surface area contributed by atoms with E-state index in [1.165, 1.54) is 51.4 Å². The molecule has 1 heteroatoms. The van der Waals surface area contributed by atoms with Gasteiger partial charge < -0.3 is 4.90 Å². The smallest absolute Gasteiger partial charge is 0.0133 e. The molecule has 0 amide bonds. The molecule has 0 spiro atoms. The summed E-state index contributed by atoms with van der Waals surface area (Å²) in [6.07, 6.45) is 13.0. The van der Waals surface area contributed by atoms with E-state index in [4.69, 9.17) is 0 Å². The van der Waals surface area contributed by atoms with Crippen LogP contribution in [0.4, 0.5) is 0 Å². The zero-order chi connectivity index (χ0) is 13.9. The van der Waals surface area contributed by atoms with E-state index in [1.54, 1.807) is 22.3 Å². The summed E-state index contributed by atoms with van der Waals surface area (Å²) in [7, 11) is 4.45. The highest BCUT2D eigenvalue weighted by Gasteiger charge is 2.23. The molecule has 0 saturated carbocycles. The molecule has 1 atom stereocenters. The fourth-order valence-corrected chi connectivity index (χ4v) is 3.77. The Morgan fingerprint density at radius 3 is 2.80 bits per heavy atom. The summed E-state index contributed by atoms with van der Waals surface area (Å²) < 4.78 is 0. The van der Waals surface area contributed by atoms with E-state index < -0.39 is 0 Å². The van der Waals surface area contributed by atoms with Gasteiger partial charge in [0.15, 0.2) is 0 Å². The number of hydrogen-bond acceptors (Lipinski definition) is 1. The molecule has 0 aromatic heterocycles. The van der Waals surface area contributed by atoms with Gasteiger partial charge in [-0.2, -0.15) is 0 Å². The standard InChI is InChI=1S/C19H27N/c1-20(2)17-13-12-16-10-7-11-18(19(16)14-17)15-8-5-3-4-6-9-15/h7-8,10-11,17H,3-6,9,12-14H2,1-2H3/t17-/m1/s1. The number of aryl methyl sites for hydroxylation is 1. The topological polar surface area (TPSA) is 3.24 Å². The Morgan fingerprint density at radius 1 is 1.05 bits per heavy atom. The number of nitrogens with zero attached hydrogens (tertiary/aromatic N) is 1. The van der Waals surface area contributed by atoms with Crippen LogP contribution in [0.1, 0.15) is 55.2 Å². The van der Waals surface area contributed by atoms with Gasteiger partial charge in [-0.05, 0) is 81.3 Å². The quantitative estimate of drug-likeness (QED) is 0.766. The van der Waals surface area contributed by atoms with E-state index in [9.17, 15) is 0 Å². The highest BCUT2D eigenvalue weighted by molar-refractivity contribution is 5.70. The lowest BCUT2D eigenvalue weighted by Gasteiger charge is -2.31. The van der Waals surface area contributed by atoms with Gasteiger partial charge >= 0.3 is 0 Å². The third-order valence-electron chi connectivity index (χ3n) is 5.08. The van der Waals surface area contributed by atoms with Gasteiger partial charge in [0.2, 0.25) is 0 Å². The van der Waals surface area contributed by atoms with Crippen molar-refractivity contribution in [3.05, 3.63) is 41.0 Å². The summed E-state index contributed by atoms with van der Waals surface area (Å²) in [5.41, 5.74) is 6.44. The van der Waals surface area contributed by atoms with Gasteiger partial charge in [-0.25, -0.2) is 0 Å². The Morgan fingerprint density at radius 2 is 1.95 bits per heavy atom. The van der Waals surface area contributed by atoms with Crippen molar-refractivity contribution in [1.29, 1.82) is 0 Å². The lowest BCUT2D eigenvalue weighted by molar-refractivity contribution is 0.268. The molecule has 0 bridgehead atoms. The largest absolute Gasteiger partial charge is 0.306 e. The van der Waals surface area contributed by atoms with Crippen LogP contribution >= 0.6 is 0 Å². The fourth-order valence-electron chi connectivity index (χ4n) is 3.77. The predicted molar refractivity (Wildman–Crippen MR) is 87.0 cm³/mol. The Labute approximate surface area is 123 Å². The lowest BCUT2D eigenvalue weighted by atomic mass is 9.82. The van der Waals surface area contributed by atoms with Crippen molar-refractivity contribution in [2.75, 3.05) is 14.1 Å². The SMILES string of the molecule is CN(C)[C@@H]1CCc2cccc(C3=CCCCCC3)c2C1. The Hall–Kier alpha value is -1.08. The molecule has 0 fully saturated rings. The van der Waals surface area contributed by atoms with Crippen molar-refractivity contribution in [1.82, 2.24) is 4.90 Å². The van der Waals surface area contributed by atoms with Crippen molar-refractivity contribution in [2.24, 2.45) is 0 Å². The first kappa shape index (κ1) is 13.9. The van der Waals surface area contributed by atoms with Gasteiger partial charge in [0.25, 0.3) is 0 Å². The predicted octanol–water partition coefficient (Wildman–Crippen LogP) is 4.45. The summed E-state index contributed by atoms with van der Waals surface area (Å²) in [6, 6.07) is 7.71. The third-order valence-corrected chi connectivity index (χ3v) is 5.08. The van der Waals surface area contributed by atoms with Crippen LogP contribution in [0.2, 0.25) is 0 Å². The molecule has 0 saturated heterocycles. The summed E-state index contributed by atoms with van der Waals surface area (Å²) >= 11 is 0. The second-order valence-corrected chi connectivity index (χ2v) is 6.63. The van der Waals surface area contributed by atoms with Crippen LogP contribution < -0.4 is 0 Å². The van der Waals surface area contributed by atoms with Crippen LogP contribution in [0.5, 0.6) is 0 Å². The van der Waals surface area contributed by atoms with Crippen molar-refractivity contribution >= 4 is 5.57 Å². The van der Waals surface area contributed by atoms with Gasteiger partial charge in [0, 0.05) is 6.04 Å². The molecule has 1 nitrogen and oxygen atoms in total. The van der Waals surface area contributed by atoms with E-state index in [0.717, 1.165) is 6.04 Å². The zero-order valence-corrected chi connectivity index (χ0v) is 13.0. The highest BCUT2D eigenvalue weighted by atomic mass is 15.1. The van der Waals surface area contributed by atoms with E-state index in [1.807, 2.05) is 0 Å². The lowest BCUT2D eigenvalue weighted by Crippen LogP contribution is -2.33. The average molecular weight is 269 g/mol. The number of hydrogen-bond donors (Lipinski definition) is 0. The number of likely N-dealkylation sites (N-methyl/N-ethyl adjacent to an activating group) is 1. The van der Waals surface area contributed by atoms with Crippen LogP contribution in [0.25, 0.3) is 5.57 Å². The molecule has 3 rings (SSSR count). The molecule has 108 valence electrons. The van der Waals surface area contributed by atoms with E-state index in [0.29, 0.717) is 0 Å². The van der Waals surface area contributed by atoms with Gasteiger partial charge in [-0.1, -0.05) is 30.7 Å². The molecular formula is C19H27N. The van der Waals surface area contributed by atoms with E-state index in [-0.39, 0.29) is 0 Å². The van der Waals surface area contributed by atoms with Crippen molar-refractivity contribution in [2.45, 2.75) is 57.4 Å². The molecule has 2 aliphatic carbocycles. The summed E-state index contributed by atoms with van der Waals surface area (Å²) in [5.74, 6) is 0. The number of benzene rings is 1. The fraction of sp³-hybridized carbons (Fsp3) is 0.579. The van der Waals surface area contributed by atoms with Crippen LogP contribution in [0, 0.1) is 0 Å². The molecule has 0 unspecified atom stereocenters. The summed E-state index contributed by atoms with van der Waals surface area (Å²) in [6.45, 7) is 0. The number of rotatable bonds is 2. The van der Waals surface area contributed by atoms with Crippen LogP contribution in [-0.2, 0) is 12.8 Å². The monoisotopic (exact) mass is 269 g/mol. The maximum Gasteiger partial charge on any atom is 0.0133 e. The van der Waals surface area contributed by atoms with Gasteiger partial charge in [-0.3, -0.25) is 0 Å². The summed E-state index contributed by atoms with van der Waals surface area (Å²) in [4.78, 5) is 2.40. The first-order valence-electron chi connectivity index (χ1n) is 8.22. The zero-order valence-electron chi connectivity index (χ0n) is 13.0. The first-order chi connectivity index (χ1) is 9.75. The molecule has 0 heterocycles. The number of allylic oxidation sites excluding steroid dienone is 2. The van der Waals surface area contributed by atoms with Crippen LogP contribution in [0.15, 0.2) is 24.3 Å². The minimum Gasteiger partial charge on any atom is -0.306 e. The number of fused-ring (bicyclic) bond motifs is 1. The Balaban J connectivity index is 1.94. The summed E-state index contributed by atoms with van der Waals surface area (Å²) in [5, 5.41) is 0. The molecule has 2 aliphatic rings. The van der Waals surface area contributed by atoms with Crippen molar-refractivity contribution in [3.8, 4) is 0 Å². The van der Waals surface area contributed by atoms with Gasteiger partial charge in [-0.15, -0.1) is 0 Å². The normalized spacial score (nSPS) is 23.1. The minimum absolute atomic E-state index is 0.718. The molecule has 1 aromatic rings. The molecule has 20 heavy (non-hydrogen) atoms. The molecule has 1 aromatic carbocycles. The average Bonchev–Trinajstić information content (AvgIpc) is 2.75. The third kappa shape index (κ3) is 2.83. The van der Waals surface area contributed by atoms with Crippen molar-refractivity contribution < 1.29 is 0 Å². The van der Waals surface area contributed by atoms with Gasteiger partial charge in [0.05, 0.1) is 0 Å². The van der Waals surface area contributed by atoms with Gasteiger partial charge in [0.1, 0.15) is 0 Å². The molecule has 0 N–H and O–H groups in total. The van der Waals surface area contributed by atoms with Crippen LogP contribution in [-0.4, -0.2) is 25.0 Å². The molecular weight excluding hydrogens is 242 g/mol. The second kappa shape index (κ2) is 6.13. The maximum absolute atomic E-state index is 2.52. The van der Waals surface area contributed by atoms with E-state index >= 15 is 0 Å². The Kier molecular flexibility index (Phi) is 4.26. The minimum atomic E-state index is 0.718. The first-order valence-corrected chi connectivity index (χ1v) is 8.22. The molecule has 0 aliphatic heterocycles. The Bertz CT molecular complexity index is 498. The van der Waals surface area contributed by atoms with Crippen molar-refractivity contribution in [3.63, 3.8) is 0 Å². The van der Waals surface area contributed by atoms with E-state index in [2.05, 4.69) is 43.3 Å².